The van der Waals surface area contributed by atoms with Crippen molar-refractivity contribution in [1.29, 1.82) is 0 Å². The van der Waals surface area contributed by atoms with Gasteiger partial charge < -0.3 is 5.32 Å². The summed E-state index contributed by atoms with van der Waals surface area (Å²) in [6, 6.07) is 19.2. The third kappa shape index (κ3) is 3.72. The van der Waals surface area contributed by atoms with Gasteiger partial charge in [0.15, 0.2) is 5.69 Å². The van der Waals surface area contributed by atoms with E-state index in [0.29, 0.717) is 11.4 Å². The number of aromatic nitrogens is 5. The highest BCUT2D eigenvalue weighted by Crippen LogP contribution is 2.21. The highest BCUT2D eigenvalue weighted by Gasteiger charge is 2.15. The van der Waals surface area contributed by atoms with Gasteiger partial charge in [-0.1, -0.05) is 35.5 Å². The summed E-state index contributed by atoms with van der Waals surface area (Å²) in [5, 5.41) is 15.5. The monoisotopic (exact) mass is 436 g/mol. The van der Waals surface area contributed by atoms with Crippen molar-refractivity contribution in [3.63, 3.8) is 0 Å². The Kier molecular flexibility index (Phi) is 5.03. The predicted octanol–water partition coefficient (Wildman–Crippen LogP) is 3.45. The number of hydrogen-bond acceptors (Lipinski definition) is 4. The van der Waals surface area contributed by atoms with Crippen LogP contribution in [0.15, 0.2) is 71.3 Å². The Labute approximate surface area is 170 Å². The van der Waals surface area contributed by atoms with Gasteiger partial charge in [-0.05, 0) is 53.2 Å². The first-order valence-corrected chi connectivity index (χ1v) is 9.47. The molecule has 0 aliphatic heterocycles. The zero-order chi connectivity index (χ0) is 19.5. The third-order valence-corrected chi connectivity index (χ3v) is 4.86. The minimum Gasteiger partial charge on any atom is -0.345 e. The van der Waals surface area contributed by atoms with E-state index in [1.807, 2.05) is 61.5 Å². The summed E-state index contributed by atoms with van der Waals surface area (Å²) in [7, 11) is 0. The maximum atomic E-state index is 12.5. The normalized spacial score (nSPS) is 10.8. The Morgan fingerprint density at radius 2 is 1.86 bits per heavy atom. The zero-order valence-corrected chi connectivity index (χ0v) is 16.7. The smallest absolute Gasteiger partial charge is 0.272 e. The van der Waals surface area contributed by atoms with E-state index in [2.05, 4.69) is 36.7 Å². The number of nitrogens with one attached hydrogen (secondary N) is 1. The lowest BCUT2D eigenvalue weighted by molar-refractivity contribution is 0.0945. The van der Waals surface area contributed by atoms with Crippen molar-refractivity contribution in [3.8, 4) is 11.4 Å². The molecular formula is C20H17BrN6O. The molecule has 0 unspecified atom stereocenters. The number of amides is 1. The van der Waals surface area contributed by atoms with Crippen molar-refractivity contribution >= 4 is 21.8 Å². The van der Waals surface area contributed by atoms with Gasteiger partial charge in [0.25, 0.3) is 5.91 Å². The maximum Gasteiger partial charge on any atom is 0.272 e. The van der Waals surface area contributed by atoms with Crippen LogP contribution in [0.5, 0.6) is 0 Å². The molecule has 1 amide bonds. The van der Waals surface area contributed by atoms with Crippen molar-refractivity contribution in [1.82, 2.24) is 30.1 Å². The molecule has 4 aromatic rings. The number of hydrogen-bond donors (Lipinski definition) is 1. The standard InChI is InChI=1S/C20H17BrN6O/c1-14-11-18(24-27(14)19-10-6-5-9-17(19)21)20(28)22-12-15-13-26(25-23-15)16-7-3-2-4-8-16/h2-11,13H,12H2,1H3,(H,22,28). The SMILES string of the molecule is Cc1cc(C(=O)NCc2cn(-c3ccccc3)nn2)nn1-c1ccccc1Br. The molecule has 28 heavy (non-hydrogen) atoms. The Bertz CT molecular complexity index is 1120. The molecule has 0 radical (unpaired) electrons. The van der Waals surface area contributed by atoms with E-state index < -0.39 is 0 Å². The van der Waals surface area contributed by atoms with Gasteiger partial charge in [0.2, 0.25) is 0 Å². The largest absolute Gasteiger partial charge is 0.345 e. The Morgan fingerprint density at radius 1 is 1.11 bits per heavy atom. The van der Waals surface area contributed by atoms with E-state index >= 15 is 0 Å². The summed E-state index contributed by atoms with van der Waals surface area (Å²) in [6.07, 6.45) is 1.79. The Hall–Kier alpha value is -3.26. The van der Waals surface area contributed by atoms with Crippen molar-refractivity contribution in [2.75, 3.05) is 0 Å². The van der Waals surface area contributed by atoms with Crippen LogP contribution in [0, 0.1) is 6.92 Å². The van der Waals surface area contributed by atoms with E-state index in [1.165, 1.54) is 0 Å². The van der Waals surface area contributed by atoms with E-state index in [9.17, 15) is 4.79 Å². The first-order chi connectivity index (χ1) is 13.6. The topological polar surface area (TPSA) is 77.6 Å². The fourth-order valence-corrected chi connectivity index (χ4v) is 3.25. The second kappa shape index (κ2) is 7.77. The lowest BCUT2D eigenvalue weighted by Crippen LogP contribution is -2.23. The maximum absolute atomic E-state index is 12.5. The van der Waals surface area contributed by atoms with Crippen LogP contribution >= 0.6 is 15.9 Å². The first kappa shape index (κ1) is 18.1. The van der Waals surface area contributed by atoms with Crippen LogP contribution in [0.4, 0.5) is 0 Å². The van der Waals surface area contributed by atoms with Gasteiger partial charge in [-0.15, -0.1) is 5.10 Å². The number of carbonyl (C=O) groups is 1. The predicted molar refractivity (Wildman–Crippen MR) is 109 cm³/mol. The van der Waals surface area contributed by atoms with Crippen LogP contribution in [0.25, 0.3) is 11.4 Å². The number of para-hydroxylation sites is 2. The van der Waals surface area contributed by atoms with Crippen LogP contribution in [-0.2, 0) is 6.54 Å². The molecule has 8 heteroatoms. The van der Waals surface area contributed by atoms with E-state index in [4.69, 9.17) is 0 Å². The summed E-state index contributed by atoms with van der Waals surface area (Å²) < 4.78 is 4.32. The molecule has 1 N–H and O–H groups in total. The van der Waals surface area contributed by atoms with Crippen molar-refractivity contribution in [3.05, 3.63) is 88.4 Å². The lowest BCUT2D eigenvalue weighted by atomic mass is 10.3. The molecular weight excluding hydrogens is 420 g/mol. The fourth-order valence-electron chi connectivity index (χ4n) is 2.80. The molecule has 0 aliphatic carbocycles. The molecule has 7 nitrogen and oxygen atoms in total. The number of nitrogens with zero attached hydrogens (tertiary/aromatic N) is 5. The van der Waals surface area contributed by atoms with Crippen molar-refractivity contribution in [2.45, 2.75) is 13.5 Å². The van der Waals surface area contributed by atoms with Gasteiger partial charge in [0.05, 0.1) is 24.1 Å². The van der Waals surface area contributed by atoms with Crippen LogP contribution in [0.2, 0.25) is 0 Å². The number of rotatable bonds is 5. The van der Waals surface area contributed by atoms with Crippen LogP contribution < -0.4 is 5.32 Å². The highest BCUT2D eigenvalue weighted by atomic mass is 79.9. The van der Waals surface area contributed by atoms with E-state index in [1.54, 1.807) is 21.6 Å². The number of benzene rings is 2. The van der Waals surface area contributed by atoms with Gasteiger partial charge in [0, 0.05) is 10.2 Å². The van der Waals surface area contributed by atoms with Gasteiger partial charge >= 0.3 is 0 Å². The molecule has 140 valence electrons. The summed E-state index contributed by atoms with van der Waals surface area (Å²) >= 11 is 3.52. The fraction of sp³-hybridized carbons (Fsp3) is 0.100. The molecule has 2 aromatic heterocycles. The minimum atomic E-state index is -0.261. The molecule has 0 aliphatic rings. The van der Waals surface area contributed by atoms with Crippen LogP contribution in [-0.4, -0.2) is 30.7 Å². The summed E-state index contributed by atoms with van der Waals surface area (Å²) in [5.41, 5.74) is 3.68. The Balaban J connectivity index is 1.46. The Morgan fingerprint density at radius 3 is 2.64 bits per heavy atom. The number of carbonyl (C=O) groups excluding carboxylic acids is 1. The minimum absolute atomic E-state index is 0.261. The molecule has 4 rings (SSSR count). The molecule has 0 spiro atoms. The molecule has 0 saturated heterocycles. The molecule has 0 bridgehead atoms. The lowest BCUT2D eigenvalue weighted by Gasteiger charge is -2.06. The quantitative estimate of drug-likeness (QED) is 0.519. The van der Waals surface area contributed by atoms with Gasteiger partial charge in [-0.3, -0.25) is 4.79 Å². The average Bonchev–Trinajstić information content (AvgIpc) is 3.34. The molecule has 2 aromatic carbocycles. The summed E-state index contributed by atoms with van der Waals surface area (Å²) in [5.74, 6) is -0.261. The highest BCUT2D eigenvalue weighted by molar-refractivity contribution is 9.10. The molecule has 0 saturated carbocycles. The van der Waals surface area contributed by atoms with Crippen molar-refractivity contribution in [2.24, 2.45) is 0 Å². The van der Waals surface area contributed by atoms with Crippen LogP contribution in [0.1, 0.15) is 21.9 Å². The van der Waals surface area contributed by atoms with Gasteiger partial charge in [-0.25, -0.2) is 9.36 Å². The molecule has 2 heterocycles. The number of aryl methyl sites for hydroxylation is 1. The van der Waals surface area contributed by atoms with Crippen LogP contribution in [0.3, 0.4) is 0 Å². The first-order valence-electron chi connectivity index (χ1n) is 8.68. The average molecular weight is 437 g/mol. The molecule has 0 atom stereocenters. The van der Waals surface area contributed by atoms with Gasteiger partial charge in [0.1, 0.15) is 5.69 Å². The second-order valence-electron chi connectivity index (χ2n) is 6.21. The summed E-state index contributed by atoms with van der Waals surface area (Å²) in [6.45, 7) is 2.18. The van der Waals surface area contributed by atoms with E-state index in [0.717, 1.165) is 21.5 Å². The second-order valence-corrected chi connectivity index (χ2v) is 7.06. The third-order valence-electron chi connectivity index (χ3n) is 4.19. The zero-order valence-electron chi connectivity index (χ0n) is 15.1. The van der Waals surface area contributed by atoms with Gasteiger partial charge in [-0.2, -0.15) is 5.10 Å². The summed E-state index contributed by atoms with van der Waals surface area (Å²) in [4.78, 5) is 12.5. The number of halogens is 1. The van der Waals surface area contributed by atoms with E-state index in [-0.39, 0.29) is 12.5 Å². The molecule has 0 fully saturated rings. The van der Waals surface area contributed by atoms with Crippen molar-refractivity contribution < 1.29 is 4.79 Å².